The highest BCUT2D eigenvalue weighted by Crippen LogP contribution is 2.17. The Labute approximate surface area is 132 Å². The summed E-state index contributed by atoms with van der Waals surface area (Å²) in [4.78, 5) is 11.5. The molecule has 0 aliphatic rings. The number of rotatable bonds is 5. The first-order chi connectivity index (χ1) is 11.1. The van der Waals surface area contributed by atoms with Gasteiger partial charge in [0.25, 0.3) is 0 Å². The van der Waals surface area contributed by atoms with E-state index in [0.29, 0.717) is 0 Å². The van der Waals surface area contributed by atoms with Crippen LogP contribution in [0.4, 0.5) is 19.3 Å². The number of hydrogen-bond donors (Lipinski definition) is 2. The van der Waals surface area contributed by atoms with Crippen molar-refractivity contribution in [2.24, 2.45) is 0 Å². The molecule has 0 saturated carbocycles. The van der Waals surface area contributed by atoms with Crippen molar-refractivity contribution in [3.05, 3.63) is 71.3 Å². The molecule has 6 heteroatoms. The summed E-state index contributed by atoms with van der Waals surface area (Å²) in [6, 6.07) is 11.3. The monoisotopic (exact) mass is 318 g/mol. The number of benzene rings is 2. The summed E-state index contributed by atoms with van der Waals surface area (Å²) in [6.07, 6.45) is 2.04. The van der Waals surface area contributed by atoms with Crippen LogP contribution in [-0.4, -0.2) is 12.6 Å². The molecule has 120 valence electrons. The Morgan fingerprint density at radius 2 is 1.83 bits per heavy atom. The Morgan fingerprint density at radius 1 is 1.17 bits per heavy atom. The minimum absolute atomic E-state index is 0.0137. The topological polar surface area (TPSA) is 64.3 Å². The van der Waals surface area contributed by atoms with Gasteiger partial charge in [-0.15, -0.1) is 0 Å². The van der Waals surface area contributed by atoms with Gasteiger partial charge in [-0.05, 0) is 17.7 Å². The second kappa shape index (κ2) is 7.93. The van der Waals surface area contributed by atoms with Gasteiger partial charge in [-0.25, -0.2) is 13.6 Å². The van der Waals surface area contributed by atoms with E-state index in [1.807, 2.05) is 30.3 Å². The van der Waals surface area contributed by atoms with Gasteiger partial charge in [-0.1, -0.05) is 42.5 Å². The van der Waals surface area contributed by atoms with Crippen molar-refractivity contribution in [1.82, 2.24) is 5.32 Å². The number of carbonyl (C=O) groups is 1. The van der Waals surface area contributed by atoms with E-state index < -0.39 is 17.7 Å². The molecule has 3 N–H and O–H groups in total. The van der Waals surface area contributed by atoms with Crippen molar-refractivity contribution in [3.8, 4) is 0 Å². The minimum Gasteiger partial charge on any atom is -0.445 e. The summed E-state index contributed by atoms with van der Waals surface area (Å²) in [5, 5.41) is 2.46. The number of halogens is 2. The lowest BCUT2D eigenvalue weighted by molar-refractivity contribution is 0.141. The highest BCUT2D eigenvalue weighted by atomic mass is 19.1. The number of carbonyl (C=O) groups excluding carboxylic acids is 1. The highest BCUT2D eigenvalue weighted by Gasteiger charge is 2.07. The third kappa shape index (κ3) is 5.10. The molecule has 1 amide bonds. The largest absolute Gasteiger partial charge is 0.445 e. The Morgan fingerprint density at radius 3 is 2.48 bits per heavy atom. The van der Waals surface area contributed by atoms with Crippen LogP contribution in [0.2, 0.25) is 0 Å². The van der Waals surface area contributed by atoms with Gasteiger partial charge in [-0.3, -0.25) is 0 Å². The summed E-state index contributed by atoms with van der Waals surface area (Å²) in [6.45, 7) is 0.231. The molecule has 0 atom stereocenters. The van der Waals surface area contributed by atoms with Crippen LogP contribution >= 0.6 is 0 Å². The van der Waals surface area contributed by atoms with Crippen molar-refractivity contribution >= 4 is 17.9 Å². The quantitative estimate of drug-likeness (QED) is 0.830. The number of anilines is 1. The molecule has 0 aliphatic heterocycles. The molecule has 0 radical (unpaired) electrons. The van der Waals surface area contributed by atoms with Crippen LogP contribution in [0.3, 0.4) is 0 Å². The van der Waals surface area contributed by atoms with Crippen LogP contribution in [0.15, 0.2) is 48.5 Å². The normalized spacial score (nSPS) is 10.7. The van der Waals surface area contributed by atoms with Crippen LogP contribution in [0.25, 0.3) is 6.08 Å². The Hall–Kier alpha value is -2.89. The van der Waals surface area contributed by atoms with Gasteiger partial charge in [0, 0.05) is 17.8 Å². The van der Waals surface area contributed by atoms with Crippen molar-refractivity contribution < 1.29 is 18.3 Å². The van der Waals surface area contributed by atoms with E-state index in [1.54, 1.807) is 0 Å². The maximum Gasteiger partial charge on any atom is 0.407 e. The van der Waals surface area contributed by atoms with E-state index in [-0.39, 0.29) is 24.4 Å². The number of hydrogen-bond acceptors (Lipinski definition) is 3. The van der Waals surface area contributed by atoms with Crippen molar-refractivity contribution in [1.29, 1.82) is 0 Å². The molecule has 4 nitrogen and oxygen atoms in total. The Kier molecular flexibility index (Phi) is 5.68. The number of nitrogens with two attached hydrogens (primary N) is 1. The third-order valence-corrected chi connectivity index (χ3v) is 2.96. The van der Waals surface area contributed by atoms with Crippen LogP contribution < -0.4 is 11.1 Å². The lowest BCUT2D eigenvalue weighted by atomic mass is 10.1. The smallest absolute Gasteiger partial charge is 0.407 e. The molecular weight excluding hydrogens is 302 g/mol. The summed E-state index contributed by atoms with van der Waals surface area (Å²) in [5.74, 6) is -1.52. The zero-order chi connectivity index (χ0) is 16.7. The van der Waals surface area contributed by atoms with E-state index in [1.165, 1.54) is 12.2 Å². The third-order valence-electron chi connectivity index (χ3n) is 2.96. The zero-order valence-corrected chi connectivity index (χ0v) is 12.3. The van der Waals surface area contributed by atoms with Crippen molar-refractivity contribution in [3.63, 3.8) is 0 Å². The van der Waals surface area contributed by atoms with E-state index >= 15 is 0 Å². The summed E-state index contributed by atoms with van der Waals surface area (Å²) in [5.41, 5.74) is 6.00. The maximum atomic E-state index is 13.5. The average molecular weight is 318 g/mol. The molecule has 23 heavy (non-hydrogen) atoms. The highest BCUT2D eigenvalue weighted by molar-refractivity contribution is 5.67. The van der Waals surface area contributed by atoms with Gasteiger partial charge >= 0.3 is 6.09 Å². The van der Waals surface area contributed by atoms with E-state index in [9.17, 15) is 13.6 Å². The lowest BCUT2D eigenvalue weighted by Gasteiger charge is -2.05. The number of nitrogens with one attached hydrogen (secondary N) is 1. The molecule has 0 aliphatic carbocycles. The van der Waals surface area contributed by atoms with E-state index in [0.717, 1.165) is 17.7 Å². The Bertz CT molecular complexity index is 680. The first-order valence-electron chi connectivity index (χ1n) is 6.92. The number of amides is 1. The first kappa shape index (κ1) is 16.5. The minimum atomic E-state index is -0.759. The molecule has 0 bridgehead atoms. The van der Waals surface area contributed by atoms with Gasteiger partial charge in [-0.2, -0.15) is 0 Å². The van der Waals surface area contributed by atoms with Gasteiger partial charge in [0.1, 0.15) is 18.2 Å². The predicted molar refractivity (Wildman–Crippen MR) is 84.4 cm³/mol. The molecule has 0 aromatic heterocycles. The molecule has 2 aromatic carbocycles. The van der Waals surface area contributed by atoms with Crippen LogP contribution in [0, 0.1) is 11.6 Å². The Balaban J connectivity index is 1.79. The van der Waals surface area contributed by atoms with Gasteiger partial charge in [0.2, 0.25) is 0 Å². The summed E-state index contributed by atoms with van der Waals surface area (Å²) in [7, 11) is 0. The lowest BCUT2D eigenvalue weighted by Crippen LogP contribution is -2.24. The maximum absolute atomic E-state index is 13.5. The van der Waals surface area contributed by atoms with Crippen molar-refractivity contribution in [2.45, 2.75) is 6.61 Å². The molecule has 0 fully saturated rings. The fourth-order valence-electron chi connectivity index (χ4n) is 1.86. The molecular formula is C17H16F2N2O2. The zero-order valence-electron chi connectivity index (χ0n) is 12.3. The van der Waals surface area contributed by atoms with E-state index in [2.05, 4.69) is 5.32 Å². The second-order valence-electron chi connectivity index (χ2n) is 4.74. The van der Waals surface area contributed by atoms with Crippen LogP contribution in [0.5, 0.6) is 0 Å². The van der Waals surface area contributed by atoms with Gasteiger partial charge in [0.05, 0.1) is 0 Å². The SMILES string of the molecule is Nc1cc(F)c(C=CCNC(=O)OCc2ccccc2)c(F)c1. The molecule has 2 rings (SSSR count). The van der Waals surface area contributed by atoms with Gasteiger partial charge in [0.15, 0.2) is 0 Å². The second-order valence-corrected chi connectivity index (χ2v) is 4.74. The number of alkyl carbamates (subject to hydrolysis) is 1. The summed E-state index contributed by atoms with van der Waals surface area (Å²) < 4.78 is 32.0. The molecule has 0 heterocycles. The predicted octanol–water partition coefficient (Wildman–Crippen LogP) is 3.49. The summed E-state index contributed by atoms with van der Waals surface area (Å²) >= 11 is 0. The molecule has 0 saturated heterocycles. The van der Waals surface area contributed by atoms with Crippen molar-refractivity contribution in [2.75, 3.05) is 12.3 Å². The van der Waals surface area contributed by atoms with Crippen LogP contribution in [0.1, 0.15) is 11.1 Å². The molecule has 2 aromatic rings. The first-order valence-corrected chi connectivity index (χ1v) is 6.92. The van der Waals surface area contributed by atoms with Crippen LogP contribution in [-0.2, 0) is 11.3 Å². The average Bonchev–Trinajstić information content (AvgIpc) is 2.52. The number of ether oxygens (including phenoxy) is 1. The van der Waals surface area contributed by atoms with E-state index in [4.69, 9.17) is 10.5 Å². The molecule has 0 spiro atoms. The fourth-order valence-corrected chi connectivity index (χ4v) is 1.86. The molecule has 0 unspecified atom stereocenters. The standard InChI is InChI=1S/C17H16F2N2O2/c18-15-9-13(20)10-16(19)14(15)7-4-8-21-17(22)23-11-12-5-2-1-3-6-12/h1-7,9-10H,8,11,20H2,(H,21,22). The fraction of sp³-hybridized carbons (Fsp3) is 0.118. The number of nitrogen functional groups attached to an aromatic ring is 1. The van der Waals surface area contributed by atoms with Gasteiger partial charge < -0.3 is 15.8 Å².